The number of nitrogens with zero attached hydrogens (tertiary/aromatic N) is 5. The van der Waals surface area contributed by atoms with Crippen LogP contribution in [0, 0.1) is 0 Å². The first-order chi connectivity index (χ1) is 12.4. The third-order valence-electron chi connectivity index (χ3n) is 4.76. The van der Waals surface area contributed by atoms with Gasteiger partial charge in [0, 0.05) is 12.6 Å². The van der Waals surface area contributed by atoms with E-state index >= 15 is 0 Å². The summed E-state index contributed by atoms with van der Waals surface area (Å²) in [4.78, 5) is 2.07. The minimum Gasteiger partial charge on any atom is -0.497 e. The van der Waals surface area contributed by atoms with Gasteiger partial charge >= 0.3 is 0 Å². The van der Waals surface area contributed by atoms with E-state index < -0.39 is 10.0 Å². The average Bonchev–Trinajstić information content (AvgIpc) is 3.19. The van der Waals surface area contributed by atoms with Crippen LogP contribution in [0.4, 0.5) is 0 Å². The van der Waals surface area contributed by atoms with Gasteiger partial charge in [-0.3, -0.25) is 0 Å². The first-order valence-electron chi connectivity index (χ1n) is 8.61. The van der Waals surface area contributed by atoms with Gasteiger partial charge in [-0.1, -0.05) is 24.3 Å². The molecule has 1 unspecified atom stereocenters. The van der Waals surface area contributed by atoms with Crippen LogP contribution in [0.5, 0.6) is 5.75 Å². The summed E-state index contributed by atoms with van der Waals surface area (Å²) in [5.41, 5.74) is 1.72. The molecule has 2 heterocycles. The van der Waals surface area contributed by atoms with Crippen molar-refractivity contribution >= 4 is 10.0 Å². The first-order valence-corrected chi connectivity index (χ1v) is 10.2. The summed E-state index contributed by atoms with van der Waals surface area (Å²) < 4.78 is 33.1. The van der Waals surface area contributed by atoms with E-state index in [4.69, 9.17) is 4.74 Å². The number of sulfonamides is 1. The molecular formula is C17H25N5O3S. The third kappa shape index (κ3) is 4.22. The van der Waals surface area contributed by atoms with Crippen LogP contribution in [0.25, 0.3) is 0 Å². The monoisotopic (exact) mass is 379 g/mol. The fraction of sp³-hybridized carbons (Fsp3) is 0.529. The van der Waals surface area contributed by atoms with Crippen LogP contribution in [-0.4, -0.2) is 71.7 Å². The highest BCUT2D eigenvalue weighted by molar-refractivity contribution is 7.89. The van der Waals surface area contributed by atoms with Gasteiger partial charge in [-0.25, -0.2) is 13.1 Å². The summed E-state index contributed by atoms with van der Waals surface area (Å²) in [6, 6.07) is 7.76. The molecule has 0 amide bonds. The maximum atomic E-state index is 12.4. The Hall–Kier alpha value is -1.97. The van der Waals surface area contributed by atoms with E-state index in [0.717, 1.165) is 17.9 Å². The molecule has 3 rings (SSSR count). The van der Waals surface area contributed by atoms with Gasteiger partial charge < -0.3 is 9.64 Å². The lowest BCUT2D eigenvalue weighted by atomic mass is 10.2. The van der Waals surface area contributed by atoms with Crippen molar-refractivity contribution in [3.63, 3.8) is 0 Å². The van der Waals surface area contributed by atoms with Crippen LogP contribution in [0.1, 0.15) is 18.2 Å². The van der Waals surface area contributed by atoms with E-state index in [-0.39, 0.29) is 18.3 Å². The van der Waals surface area contributed by atoms with Gasteiger partial charge in [0.05, 0.1) is 37.8 Å². The third-order valence-corrected chi connectivity index (χ3v) is 6.63. The molecule has 1 atom stereocenters. The van der Waals surface area contributed by atoms with Crippen molar-refractivity contribution in [1.29, 1.82) is 0 Å². The van der Waals surface area contributed by atoms with Gasteiger partial charge in [0.15, 0.2) is 0 Å². The molecule has 142 valence electrons. The SMILES string of the molecule is CCN(C)C1CN(Cc2cn(Cc3ccc(OC)cc3)nn2)S(=O)(=O)C1. The quantitative estimate of drug-likeness (QED) is 0.708. The summed E-state index contributed by atoms with van der Waals surface area (Å²) in [6.07, 6.45) is 1.80. The van der Waals surface area contributed by atoms with E-state index in [1.165, 1.54) is 4.31 Å². The van der Waals surface area contributed by atoms with Crippen LogP contribution in [-0.2, 0) is 23.1 Å². The van der Waals surface area contributed by atoms with E-state index in [1.807, 2.05) is 38.2 Å². The van der Waals surface area contributed by atoms with E-state index in [1.54, 1.807) is 18.0 Å². The van der Waals surface area contributed by atoms with Gasteiger partial charge in [-0.2, -0.15) is 4.31 Å². The zero-order valence-corrected chi connectivity index (χ0v) is 16.2. The van der Waals surface area contributed by atoms with Crippen molar-refractivity contribution in [2.75, 3.05) is 33.0 Å². The second-order valence-corrected chi connectivity index (χ2v) is 8.57. The predicted octanol–water partition coefficient (Wildman–Crippen LogP) is 0.801. The van der Waals surface area contributed by atoms with Gasteiger partial charge in [0.2, 0.25) is 10.0 Å². The van der Waals surface area contributed by atoms with Gasteiger partial charge in [0.25, 0.3) is 0 Å². The summed E-state index contributed by atoms with van der Waals surface area (Å²) >= 11 is 0. The van der Waals surface area contributed by atoms with Crippen molar-refractivity contribution < 1.29 is 13.2 Å². The molecule has 26 heavy (non-hydrogen) atoms. The minimum absolute atomic E-state index is 0.0272. The highest BCUT2D eigenvalue weighted by Crippen LogP contribution is 2.20. The molecule has 0 N–H and O–H groups in total. The molecule has 1 aromatic heterocycles. The standard InChI is InChI=1S/C17H25N5O3S/c1-4-20(2)16-12-22(26(23,24)13-16)11-15-10-21(19-18-15)9-14-5-7-17(25-3)8-6-14/h5-8,10,16H,4,9,11-13H2,1-3H3. The Labute approximate surface area is 154 Å². The molecule has 0 bridgehead atoms. The lowest BCUT2D eigenvalue weighted by Crippen LogP contribution is -2.35. The van der Waals surface area contributed by atoms with E-state index in [9.17, 15) is 8.42 Å². The highest BCUT2D eigenvalue weighted by atomic mass is 32.2. The van der Waals surface area contributed by atoms with Crippen molar-refractivity contribution in [2.24, 2.45) is 0 Å². The Bertz CT molecular complexity index is 834. The maximum Gasteiger partial charge on any atom is 0.216 e. The largest absolute Gasteiger partial charge is 0.497 e. The molecule has 1 aliphatic rings. The van der Waals surface area contributed by atoms with Crippen LogP contribution in [0.3, 0.4) is 0 Å². The predicted molar refractivity (Wildman–Crippen MR) is 98.4 cm³/mol. The molecule has 0 radical (unpaired) electrons. The van der Waals surface area contributed by atoms with E-state index in [2.05, 4.69) is 15.2 Å². The first kappa shape index (κ1) is 18.8. The molecule has 2 aromatic rings. The number of methoxy groups -OCH3 is 1. The summed E-state index contributed by atoms with van der Waals surface area (Å²) in [7, 11) is 0.340. The van der Waals surface area contributed by atoms with Crippen molar-refractivity contribution in [1.82, 2.24) is 24.2 Å². The number of rotatable bonds is 7. The maximum absolute atomic E-state index is 12.4. The van der Waals surface area contributed by atoms with Crippen molar-refractivity contribution in [3.05, 3.63) is 41.7 Å². The second kappa shape index (κ2) is 7.73. The normalized spacial score (nSPS) is 19.9. The van der Waals surface area contributed by atoms with Crippen molar-refractivity contribution in [3.8, 4) is 5.75 Å². The van der Waals surface area contributed by atoms with Crippen LogP contribution in [0.15, 0.2) is 30.5 Å². The molecule has 1 aliphatic heterocycles. The summed E-state index contributed by atoms with van der Waals surface area (Å²) in [6.45, 7) is 4.19. The Balaban J connectivity index is 1.64. The Morgan fingerprint density at radius 3 is 2.65 bits per heavy atom. The van der Waals surface area contributed by atoms with Crippen LogP contribution in [0.2, 0.25) is 0 Å². The molecule has 0 saturated carbocycles. The molecule has 1 saturated heterocycles. The van der Waals surface area contributed by atoms with E-state index in [0.29, 0.717) is 18.8 Å². The molecule has 1 aromatic carbocycles. The molecular weight excluding hydrogens is 354 g/mol. The van der Waals surface area contributed by atoms with Crippen LogP contribution < -0.4 is 4.74 Å². The highest BCUT2D eigenvalue weighted by Gasteiger charge is 2.37. The van der Waals surface area contributed by atoms with Crippen LogP contribution >= 0.6 is 0 Å². The second-order valence-electron chi connectivity index (χ2n) is 6.55. The molecule has 0 spiro atoms. The number of hydrogen-bond donors (Lipinski definition) is 0. The summed E-state index contributed by atoms with van der Waals surface area (Å²) in [5, 5.41) is 8.25. The van der Waals surface area contributed by atoms with Crippen molar-refractivity contribution in [2.45, 2.75) is 26.1 Å². The zero-order valence-electron chi connectivity index (χ0n) is 15.4. The fourth-order valence-corrected chi connectivity index (χ4v) is 4.81. The molecule has 1 fully saturated rings. The number of aromatic nitrogens is 3. The smallest absolute Gasteiger partial charge is 0.216 e. The lowest BCUT2D eigenvalue weighted by Gasteiger charge is -2.20. The summed E-state index contributed by atoms with van der Waals surface area (Å²) in [5.74, 6) is 0.969. The fourth-order valence-electron chi connectivity index (χ4n) is 3.02. The number of ether oxygens (including phenoxy) is 1. The lowest BCUT2D eigenvalue weighted by molar-refractivity contribution is 0.251. The Kier molecular flexibility index (Phi) is 5.59. The van der Waals surface area contributed by atoms with Gasteiger partial charge in [-0.15, -0.1) is 5.10 Å². The number of benzene rings is 1. The zero-order chi connectivity index (χ0) is 18.7. The molecule has 8 nitrogen and oxygen atoms in total. The molecule has 9 heteroatoms. The Morgan fingerprint density at radius 1 is 1.27 bits per heavy atom. The Morgan fingerprint density at radius 2 is 2.00 bits per heavy atom. The topological polar surface area (TPSA) is 80.6 Å². The molecule has 0 aliphatic carbocycles. The number of likely N-dealkylation sites (N-methyl/N-ethyl adjacent to an activating group) is 1. The van der Waals surface area contributed by atoms with Gasteiger partial charge in [0.1, 0.15) is 5.75 Å². The van der Waals surface area contributed by atoms with Gasteiger partial charge in [-0.05, 0) is 31.3 Å². The minimum atomic E-state index is -3.25. The average molecular weight is 379 g/mol. The number of hydrogen-bond acceptors (Lipinski definition) is 6.